The van der Waals surface area contributed by atoms with Crippen molar-refractivity contribution in [2.45, 2.75) is 6.10 Å². The summed E-state index contributed by atoms with van der Waals surface area (Å²) in [6, 6.07) is 7.47. The molecule has 0 aliphatic carbocycles. The molecule has 1 heterocycles. The standard InChI is InChI=1S/C11H7Br2ClOS/c12-7-3-6(4-8(13)5-7)10(15)11-9(14)1-2-16-11/h1-5,10,15H. The molecule has 0 aliphatic rings. The number of hydrogen-bond donors (Lipinski definition) is 1. The highest BCUT2D eigenvalue weighted by Gasteiger charge is 2.16. The van der Waals surface area contributed by atoms with Gasteiger partial charge in [-0.05, 0) is 35.2 Å². The maximum atomic E-state index is 10.2. The first-order chi connectivity index (χ1) is 7.58. The molecule has 84 valence electrons. The monoisotopic (exact) mass is 380 g/mol. The third-order valence-electron chi connectivity index (χ3n) is 2.09. The number of rotatable bonds is 2. The van der Waals surface area contributed by atoms with Crippen molar-refractivity contribution in [3.63, 3.8) is 0 Å². The molecule has 0 saturated heterocycles. The Hall–Kier alpha value is 0.130. The second-order valence-corrected chi connectivity index (χ2v) is 6.42. The van der Waals surface area contributed by atoms with Crippen LogP contribution in [-0.4, -0.2) is 5.11 Å². The molecule has 0 spiro atoms. The second-order valence-electron chi connectivity index (χ2n) is 3.24. The van der Waals surface area contributed by atoms with Crippen molar-refractivity contribution in [1.82, 2.24) is 0 Å². The Kier molecular flexibility index (Phi) is 4.08. The van der Waals surface area contributed by atoms with Gasteiger partial charge < -0.3 is 5.11 Å². The zero-order valence-corrected chi connectivity index (χ0v) is 12.7. The molecule has 1 aromatic carbocycles. The van der Waals surface area contributed by atoms with Crippen molar-refractivity contribution in [3.05, 3.63) is 54.1 Å². The number of halogens is 3. The van der Waals surface area contributed by atoms with E-state index < -0.39 is 6.10 Å². The summed E-state index contributed by atoms with van der Waals surface area (Å²) >= 11 is 14.2. The molecular formula is C11H7Br2ClOS. The molecule has 0 fully saturated rings. The fraction of sp³-hybridized carbons (Fsp3) is 0.0909. The third kappa shape index (κ3) is 2.68. The molecule has 5 heteroatoms. The first kappa shape index (κ1) is 12.6. The maximum Gasteiger partial charge on any atom is 0.115 e. The molecule has 16 heavy (non-hydrogen) atoms. The van der Waals surface area contributed by atoms with E-state index in [4.69, 9.17) is 11.6 Å². The molecule has 0 saturated carbocycles. The van der Waals surface area contributed by atoms with Crippen LogP contribution in [0, 0.1) is 0 Å². The van der Waals surface area contributed by atoms with E-state index in [1.54, 1.807) is 6.07 Å². The molecule has 1 N–H and O–H groups in total. The fourth-order valence-electron chi connectivity index (χ4n) is 1.38. The van der Waals surface area contributed by atoms with Crippen molar-refractivity contribution in [3.8, 4) is 0 Å². The number of hydrogen-bond acceptors (Lipinski definition) is 2. The number of aliphatic hydroxyl groups is 1. The van der Waals surface area contributed by atoms with Gasteiger partial charge in [0, 0.05) is 8.95 Å². The van der Waals surface area contributed by atoms with Crippen molar-refractivity contribution >= 4 is 54.8 Å². The van der Waals surface area contributed by atoms with Gasteiger partial charge in [-0.15, -0.1) is 11.3 Å². The highest BCUT2D eigenvalue weighted by molar-refractivity contribution is 9.11. The summed E-state index contributed by atoms with van der Waals surface area (Å²) in [4.78, 5) is 0.770. The minimum Gasteiger partial charge on any atom is -0.383 e. The summed E-state index contributed by atoms with van der Waals surface area (Å²) in [7, 11) is 0. The summed E-state index contributed by atoms with van der Waals surface area (Å²) in [5, 5.41) is 12.7. The van der Waals surface area contributed by atoms with Crippen LogP contribution < -0.4 is 0 Å². The van der Waals surface area contributed by atoms with E-state index in [9.17, 15) is 5.11 Å². The summed E-state index contributed by atoms with van der Waals surface area (Å²) < 4.78 is 1.84. The predicted octanol–water partition coefficient (Wildman–Crippen LogP) is 5.01. The van der Waals surface area contributed by atoms with Crippen LogP contribution in [0.4, 0.5) is 0 Å². The molecule has 0 aliphatic heterocycles. The Morgan fingerprint density at radius 1 is 1.19 bits per heavy atom. The van der Waals surface area contributed by atoms with Gasteiger partial charge in [-0.2, -0.15) is 0 Å². The van der Waals surface area contributed by atoms with E-state index in [1.807, 2.05) is 23.6 Å². The van der Waals surface area contributed by atoms with Crippen LogP contribution in [0.1, 0.15) is 16.5 Å². The largest absolute Gasteiger partial charge is 0.383 e. The summed E-state index contributed by atoms with van der Waals surface area (Å²) in [6.07, 6.45) is -0.679. The lowest BCUT2D eigenvalue weighted by molar-refractivity contribution is 0.224. The van der Waals surface area contributed by atoms with E-state index >= 15 is 0 Å². The minimum atomic E-state index is -0.679. The SMILES string of the molecule is OC(c1cc(Br)cc(Br)c1)c1sccc1Cl. The van der Waals surface area contributed by atoms with Crippen LogP contribution in [0.2, 0.25) is 5.02 Å². The molecule has 2 aromatic rings. The van der Waals surface area contributed by atoms with Crippen LogP contribution in [0.15, 0.2) is 38.6 Å². The van der Waals surface area contributed by atoms with Crippen molar-refractivity contribution in [2.75, 3.05) is 0 Å². The van der Waals surface area contributed by atoms with Crippen LogP contribution in [0.5, 0.6) is 0 Å². The van der Waals surface area contributed by atoms with Gasteiger partial charge in [0.2, 0.25) is 0 Å². The smallest absolute Gasteiger partial charge is 0.115 e. The van der Waals surface area contributed by atoms with Crippen LogP contribution in [-0.2, 0) is 0 Å². The lowest BCUT2D eigenvalue weighted by Gasteiger charge is -2.10. The molecule has 0 bridgehead atoms. The maximum absolute atomic E-state index is 10.2. The fourth-order valence-corrected chi connectivity index (χ4v) is 3.89. The third-order valence-corrected chi connectivity index (χ3v) is 4.42. The van der Waals surface area contributed by atoms with Gasteiger partial charge in [0.25, 0.3) is 0 Å². The zero-order chi connectivity index (χ0) is 11.7. The molecular weight excluding hydrogens is 375 g/mol. The Bertz CT molecular complexity index is 492. The van der Waals surface area contributed by atoms with Crippen molar-refractivity contribution in [2.24, 2.45) is 0 Å². The van der Waals surface area contributed by atoms with Gasteiger partial charge in [-0.3, -0.25) is 0 Å². The zero-order valence-electron chi connectivity index (χ0n) is 7.95. The van der Waals surface area contributed by atoms with E-state index in [1.165, 1.54) is 11.3 Å². The average Bonchev–Trinajstić information content (AvgIpc) is 2.62. The summed E-state index contributed by atoms with van der Waals surface area (Å²) in [6.45, 7) is 0. The van der Waals surface area contributed by atoms with Crippen LogP contribution >= 0.6 is 54.8 Å². The highest BCUT2D eigenvalue weighted by Crippen LogP contribution is 2.34. The van der Waals surface area contributed by atoms with E-state index in [-0.39, 0.29) is 0 Å². The van der Waals surface area contributed by atoms with Crippen molar-refractivity contribution < 1.29 is 5.11 Å². The second kappa shape index (κ2) is 5.19. The predicted molar refractivity (Wildman–Crippen MR) is 75.2 cm³/mol. The number of thiophene rings is 1. The lowest BCUT2D eigenvalue weighted by atomic mass is 10.1. The minimum absolute atomic E-state index is 0.605. The van der Waals surface area contributed by atoms with Gasteiger partial charge in [-0.25, -0.2) is 0 Å². The average molecular weight is 383 g/mol. The van der Waals surface area contributed by atoms with Crippen LogP contribution in [0.3, 0.4) is 0 Å². The molecule has 1 unspecified atom stereocenters. The lowest BCUT2D eigenvalue weighted by Crippen LogP contribution is -1.97. The molecule has 1 aromatic heterocycles. The Morgan fingerprint density at radius 3 is 2.31 bits per heavy atom. The van der Waals surface area contributed by atoms with Gasteiger partial charge in [0.05, 0.1) is 9.90 Å². The Labute approximate surface area is 119 Å². The molecule has 1 nitrogen and oxygen atoms in total. The molecule has 1 atom stereocenters. The van der Waals surface area contributed by atoms with Crippen LogP contribution in [0.25, 0.3) is 0 Å². The first-order valence-corrected chi connectivity index (χ1v) is 7.29. The normalized spacial score (nSPS) is 12.8. The topological polar surface area (TPSA) is 20.2 Å². The quantitative estimate of drug-likeness (QED) is 0.774. The Balaban J connectivity index is 2.41. The first-order valence-electron chi connectivity index (χ1n) is 4.45. The molecule has 2 rings (SSSR count). The van der Waals surface area contributed by atoms with Gasteiger partial charge in [0.1, 0.15) is 6.10 Å². The Morgan fingerprint density at radius 2 is 1.81 bits per heavy atom. The molecule has 0 radical (unpaired) electrons. The summed E-state index contributed by atoms with van der Waals surface area (Å²) in [5.74, 6) is 0. The van der Waals surface area contributed by atoms with E-state index in [0.717, 1.165) is 19.4 Å². The van der Waals surface area contributed by atoms with E-state index in [2.05, 4.69) is 31.9 Å². The summed E-state index contributed by atoms with van der Waals surface area (Å²) in [5.41, 5.74) is 0.811. The van der Waals surface area contributed by atoms with Crippen molar-refractivity contribution in [1.29, 1.82) is 0 Å². The number of aliphatic hydroxyl groups excluding tert-OH is 1. The van der Waals surface area contributed by atoms with E-state index in [0.29, 0.717) is 5.02 Å². The van der Waals surface area contributed by atoms with Gasteiger partial charge in [-0.1, -0.05) is 43.5 Å². The highest BCUT2D eigenvalue weighted by atomic mass is 79.9. The molecule has 0 amide bonds. The number of benzene rings is 1. The van der Waals surface area contributed by atoms with Gasteiger partial charge >= 0.3 is 0 Å². The van der Waals surface area contributed by atoms with Gasteiger partial charge in [0.15, 0.2) is 0 Å².